The van der Waals surface area contributed by atoms with E-state index in [0.29, 0.717) is 11.5 Å². The molecule has 0 radical (unpaired) electrons. The van der Waals surface area contributed by atoms with Crippen molar-refractivity contribution in [3.8, 4) is 0 Å². The first kappa shape index (κ1) is 23.8. The summed E-state index contributed by atoms with van der Waals surface area (Å²) in [6.45, 7) is -0.180. The fourth-order valence-corrected chi connectivity index (χ4v) is 5.04. The Bertz CT molecular complexity index is 1250. The van der Waals surface area contributed by atoms with E-state index in [9.17, 15) is 13.2 Å². The minimum atomic E-state index is -3.92. The van der Waals surface area contributed by atoms with Gasteiger partial charge in [-0.3, -0.25) is 4.79 Å². The summed E-state index contributed by atoms with van der Waals surface area (Å²) < 4.78 is 33.8. The summed E-state index contributed by atoms with van der Waals surface area (Å²) in [5.74, 6) is -0.662. The molecule has 2 aromatic heterocycles. The maximum Gasteiger partial charge on any atom is 0.322 e. The molecular weight excluding hydrogens is 456 g/mol. The Morgan fingerprint density at radius 2 is 1.85 bits per heavy atom. The Morgan fingerprint density at radius 3 is 2.47 bits per heavy atom. The van der Waals surface area contributed by atoms with E-state index in [-0.39, 0.29) is 30.3 Å². The largest absolute Gasteiger partial charge is 0.480 e. The summed E-state index contributed by atoms with van der Waals surface area (Å²) in [4.78, 5) is 19.3. The lowest BCUT2D eigenvalue weighted by Crippen LogP contribution is -2.31. The van der Waals surface area contributed by atoms with Crippen LogP contribution in [0.1, 0.15) is 29.7 Å². The van der Waals surface area contributed by atoms with Gasteiger partial charge in [0.2, 0.25) is 0 Å². The number of nitrogens with one attached hydrogen (secondary N) is 1. The molecule has 1 aromatic carbocycles. The van der Waals surface area contributed by atoms with E-state index < -0.39 is 16.0 Å². The van der Waals surface area contributed by atoms with Gasteiger partial charge in [-0.1, -0.05) is 36.4 Å². The van der Waals surface area contributed by atoms with Crippen LogP contribution in [0.2, 0.25) is 0 Å². The van der Waals surface area contributed by atoms with Crippen molar-refractivity contribution in [3.05, 3.63) is 83.7 Å². The Labute approximate surface area is 198 Å². The summed E-state index contributed by atoms with van der Waals surface area (Å²) in [6.07, 6.45) is 3.39. The summed E-state index contributed by atoms with van der Waals surface area (Å²) in [7, 11) is -2.22. The van der Waals surface area contributed by atoms with Crippen LogP contribution in [-0.4, -0.2) is 47.4 Å². The number of methoxy groups -OCH3 is 1. The number of nitrogens with zero attached hydrogens (tertiary/aromatic N) is 3. The number of hydrogen-bond donors (Lipinski definition) is 2. The molecule has 1 saturated carbocycles. The van der Waals surface area contributed by atoms with Crippen molar-refractivity contribution in [2.75, 3.05) is 19.0 Å². The fourth-order valence-electron chi connectivity index (χ4n) is 3.71. The van der Waals surface area contributed by atoms with Gasteiger partial charge in [0.15, 0.2) is 5.03 Å². The average Bonchev–Trinajstić information content (AvgIpc) is 3.65. The predicted molar refractivity (Wildman–Crippen MR) is 125 cm³/mol. The summed E-state index contributed by atoms with van der Waals surface area (Å²) in [5, 5.41) is 11.5. The molecule has 0 amide bonds. The zero-order valence-corrected chi connectivity index (χ0v) is 19.5. The molecular formula is C24H26N4O5S. The van der Waals surface area contributed by atoms with Gasteiger partial charge in [0.1, 0.15) is 12.4 Å². The van der Waals surface area contributed by atoms with Crippen molar-refractivity contribution < 1.29 is 23.1 Å². The minimum Gasteiger partial charge on any atom is -0.480 e. The first-order valence-corrected chi connectivity index (χ1v) is 12.2. The van der Waals surface area contributed by atoms with Gasteiger partial charge in [0.25, 0.3) is 10.0 Å². The molecule has 9 nitrogen and oxygen atoms in total. The number of rotatable bonds is 11. The third kappa shape index (κ3) is 5.41. The molecule has 0 bridgehead atoms. The zero-order chi connectivity index (χ0) is 24.2. The van der Waals surface area contributed by atoms with E-state index in [1.165, 1.54) is 16.6 Å². The molecule has 178 valence electrons. The van der Waals surface area contributed by atoms with Crippen molar-refractivity contribution in [1.82, 2.24) is 14.3 Å². The van der Waals surface area contributed by atoms with Crippen LogP contribution < -0.4 is 5.32 Å². The van der Waals surface area contributed by atoms with Gasteiger partial charge >= 0.3 is 5.97 Å². The molecule has 0 saturated heterocycles. The normalized spacial score (nSPS) is 14.6. The van der Waals surface area contributed by atoms with E-state index in [1.54, 1.807) is 37.4 Å². The highest BCUT2D eigenvalue weighted by Gasteiger charge is 2.44. The Balaban J connectivity index is 1.60. The van der Waals surface area contributed by atoms with Gasteiger partial charge in [-0.25, -0.2) is 18.4 Å². The molecule has 4 rings (SSSR count). The fraction of sp³-hybridized carbons (Fsp3) is 0.292. The lowest BCUT2D eigenvalue weighted by atomic mass is 10.1. The second-order valence-corrected chi connectivity index (χ2v) is 9.98. The summed E-state index contributed by atoms with van der Waals surface area (Å²) >= 11 is 0. The summed E-state index contributed by atoms with van der Waals surface area (Å²) in [5.41, 5.74) is 2.15. The molecule has 3 aromatic rings. The molecule has 1 aliphatic carbocycles. The second kappa shape index (κ2) is 9.88. The highest BCUT2D eigenvalue weighted by Crippen LogP contribution is 2.48. The zero-order valence-electron chi connectivity index (χ0n) is 18.7. The number of sulfonamides is 1. The lowest BCUT2D eigenvalue weighted by Gasteiger charge is -2.22. The van der Waals surface area contributed by atoms with Crippen LogP contribution in [0.15, 0.2) is 71.9 Å². The number of benzene rings is 1. The van der Waals surface area contributed by atoms with Gasteiger partial charge in [-0.2, -0.15) is 4.31 Å². The second-order valence-electron chi connectivity index (χ2n) is 8.10. The Hall–Kier alpha value is -3.34. The first-order chi connectivity index (χ1) is 16.3. The van der Waals surface area contributed by atoms with Crippen LogP contribution in [0, 0.1) is 0 Å². The van der Waals surface area contributed by atoms with Gasteiger partial charge in [-0.15, -0.1) is 0 Å². The van der Waals surface area contributed by atoms with Crippen LogP contribution in [0.3, 0.4) is 0 Å². The van der Waals surface area contributed by atoms with Crippen LogP contribution >= 0.6 is 0 Å². The smallest absolute Gasteiger partial charge is 0.322 e. The third-order valence-electron chi connectivity index (χ3n) is 5.74. The standard InChI is InChI=1S/C24H26N4O5S/c1-33-24(12-13-24)19-10-8-18(9-11-19)16-28(34(31,32)22-7-2-3-14-25-22)17-20-5-4-6-21(27-20)26-15-23(29)30/h2-11,14H,12-13,15-17H2,1H3,(H,26,27)(H,29,30). The van der Waals surface area contributed by atoms with Crippen molar-refractivity contribution >= 4 is 21.8 Å². The SMILES string of the molecule is COC1(c2ccc(CN(Cc3cccc(NCC(=O)O)n3)S(=O)(=O)c3ccccn3)cc2)CC1. The monoisotopic (exact) mass is 482 g/mol. The number of hydrogen-bond acceptors (Lipinski definition) is 7. The number of anilines is 1. The molecule has 0 atom stereocenters. The van der Waals surface area contributed by atoms with E-state index in [1.807, 2.05) is 24.3 Å². The van der Waals surface area contributed by atoms with Gasteiger partial charge < -0.3 is 15.2 Å². The molecule has 1 aliphatic rings. The lowest BCUT2D eigenvalue weighted by molar-refractivity contribution is -0.134. The van der Waals surface area contributed by atoms with Crippen LogP contribution in [0.25, 0.3) is 0 Å². The maximum atomic E-state index is 13.4. The number of aromatic nitrogens is 2. The van der Waals surface area contributed by atoms with E-state index in [0.717, 1.165) is 24.0 Å². The number of aliphatic carboxylic acids is 1. The molecule has 2 N–H and O–H groups in total. The maximum absolute atomic E-state index is 13.4. The number of pyridine rings is 2. The molecule has 10 heteroatoms. The third-order valence-corrected chi connectivity index (χ3v) is 7.45. The number of carbonyl (C=O) groups is 1. The van der Waals surface area contributed by atoms with E-state index in [4.69, 9.17) is 9.84 Å². The van der Waals surface area contributed by atoms with Crippen LogP contribution in [0.5, 0.6) is 0 Å². The van der Waals surface area contributed by atoms with E-state index >= 15 is 0 Å². The highest BCUT2D eigenvalue weighted by molar-refractivity contribution is 7.89. The number of carboxylic acid groups (broad SMARTS) is 1. The van der Waals surface area contributed by atoms with Crippen molar-refractivity contribution in [2.24, 2.45) is 0 Å². The molecule has 0 aliphatic heterocycles. The molecule has 34 heavy (non-hydrogen) atoms. The first-order valence-electron chi connectivity index (χ1n) is 10.8. The van der Waals surface area contributed by atoms with Crippen LogP contribution in [-0.2, 0) is 38.2 Å². The molecule has 0 spiro atoms. The van der Waals surface area contributed by atoms with Crippen molar-refractivity contribution in [1.29, 1.82) is 0 Å². The number of carboxylic acids is 1. The summed E-state index contributed by atoms with van der Waals surface area (Å²) in [6, 6.07) is 17.6. The topological polar surface area (TPSA) is 122 Å². The Kier molecular flexibility index (Phi) is 6.92. The highest BCUT2D eigenvalue weighted by atomic mass is 32.2. The molecule has 2 heterocycles. The van der Waals surface area contributed by atoms with Gasteiger partial charge in [-0.05, 0) is 48.2 Å². The van der Waals surface area contributed by atoms with Crippen molar-refractivity contribution in [2.45, 2.75) is 36.6 Å². The number of ether oxygens (including phenoxy) is 1. The van der Waals surface area contributed by atoms with Gasteiger partial charge in [0.05, 0.1) is 17.8 Å². The molecule has 1 fully saturated rings. The van der Waals surface area contributed by atoms with E-state index in [2.05, 4.69) is 15.3 Å². The van der Waals surface area contributed by atoms with Crippen LogP contribution in [0.4, 0.5) is 5.82 Å². The average molecular weight is 483 g/mol. The Morgan fingerprint density at radius 1 is 1.09 bits per heavy atom. The molecule has 0 unspecified atom stereocenters. The minimum absolute atomic E-state index is 0.00867. The predicted octanol–water partition coefficient (Wildman–Crippen LogP) is 3.00. The van der Waals surface area contributed by atoms with Gasteiger partial charge in [0, 0.05) is 19.9 Å². The van der Waals surface area contributed by atoms with Crippen molar-refractivity contribution in [3.63, 3.8) is 0 Å². The quantitative estimate of drug-likeness (QED) is 0.428.